The molecule has 1 aliphatic carbocycles. The molecule has 3 rings (SSSR count). The molecule has 0 spiro atoms. The first-order valence-corrected chi connectivity index (χ1v) is 11.7. The molecule has 1 saturated carbocycles. The number of aromatic nitrogens is 2. The summed E-state index contributed by atoms with van der Waals surface area (Å²) in [6.07, 6.45) is 7.61. The fraction of sp³-hybridized carbons (Fsp3) is 0.826. The summed E-state index contributed by atoms with van der Waals surface area (Å²) in [6.45, 7) is 12.5. The summed E-state index contributed by atoms with van der Waals surface area (Å²) in [6, 6.07) is 0.291. The third-order valence-corrected chi connectivity index (χ3v) is 6.98. The van der Waals surface area contributed by atoms with Crippen LogP contribution in [0, 0.1) is 19.3 Å². The quantitative estimate of drug-likeness (QED) is 0.313. The van der Waals surface area contributed by atoms with E-state index < -0.39 is 0 Å². The zero-order chi connectivity index (χ0) is 21.6. The van der Waals surface area contributed by atoms with Gasteiger partial charge in [-0.15, -0.1) is 24.0 Å². The Bertz CT molecular complexity index is 707. The number of hydrogen-bond donors (Lipinski definition) is 2. The van der Waals surface area contributed by atoms with E-state index in [-0.39, 0.29) is 24.0 Å². The smallest absolute Gasteiger partial charge is 0.191 e. The summed E-state index contributed by atoms with van der Waals surface area (Å²) < 4.78 is 7.53. The average Bonchev–Trinajstić information content (AvgIpc) is 2.98. The zero-order valence-corrected chi connectivity index (χ0v) is 22.5. The Labute approximate surface area is 205 Å². The molecular formula is C23H43IN6O. The van der Waals surface area contributed by atoms with Gasteiger partial charge in [-0.1, -0.05) is 19.3 Å². The molecule has 8 heteroatoms. The fourth-order valence-corrected chi connectivity index (χ4v) is 5.10. The maximum Gasteiger partial charge on any atom is 0.191 e. The van der Waals surface area contributed by atoms with Crippen LogP contribution in [-0.2, 0) is 18.2 Å². The van der Waals surface area contributed by atoms with Gasteiger partial charge in [-0.3, -0.25) is 14.6 Å². The van der Waals surface area contributed by atoms with Crippen LogP contribution in [0.1, 0.15) is 56.0 Å². The molecule has 0 bridgehead atoms. The number of halogens is 1. The number of aliphatic imine (C=N–C) groups is 1. The molecule has 0 radical (unpaired) electrons. The van der Waals surface area contributed by atoms with Crippen LogP contribution in [0.15, 0.2) is 4.99 Å². The van der Waals surface area contributed by atoms with Crippen molar-refractivity contribution in [2.75, 3.05) is 46.4 Å². The lowest BCUT2D eigenvalue weighted by molar-refractivity contribution is 0.00819. The second-order valence-electron chi connectivity index (χ2n) is 9.40. The molecule has 2 fully saturated rings. The van der Waals surface area contributed by atoms with Gasteiger partial charge in [0.1, 0.15) is 0 Å². The Morgan fingerprint density at radius 1 is 1.19 bits per heavy atom. The van der Waals surface area contributed by atoms with E-state index >= 15 is 0 Å². The minimum atomic E-state index is 0. The number of aryl methyl sites for hydroxylation is 2. The van der Waals surface area contributed by atoms with Crippen LogP contribution in [0.5, 0.6) is 0 Å². The van der Waals surface area contributed by atoms with Crippen molar-refractivity contribution >= 4 is 29.9 Å². The van der Waals surface area contributed by atoms with Crippen LogP contribution >= 0.6 is 24.0 Å². The van der Waals surface area contributed by atoms with E-state index in [4.69, 9.17) is 4.74 Å². The van der Waals surface area contributed by atoms with E-state index in [9.17, 15) is 0 Å². The predicted octanol–water partition coefficient (Wildman–Crippen LogP) is 3.03. The first-order valence-electron chi connectivity index (χ1n) is 11.7. The molecule has 1 aromatic rings. The second-order valence-corrected chi connectivity index (χ2v) is 9.40. The number of hydrogen-bond acceptors (Lipinski definition) is 4. The van der Waals surface area contributed by atoms with Crippen LogP contribution < -0.4 is 10.6 Å². The van der Waals surface area contributed by atoms with Gasteiger partial charge in [0, 0.05) is 57.4 Å². The third kappa shape index (κ3) is 7.32. The van der Waals surface area contributed by atoms with Crippen molar-refractivity contribution in [3.8, 4) is 0 Å². The molecular weight excluding hydrogens is 503 g/mol. The van der Waals surface area contributed by atoms with Crippen LogP contribution in [0.25, 0.3) is 0 Å². The molecule has 2 N–H and O–H groups in total. The number of morpholine rings is 1. The molecule has 7 nitrogen and oxygen atoms in total. The number of guanidine groups is 1. The van der Waals surface area contributed by atoms with Gasteiger partial charge in [-0.2, -0.15) is 5.10 Å². The highest BCUT2D eigenvalue weighted by Crippen LogP contribution is 2.36. The van der Waals surface area contributed by atoms with Crippen molar-refractivity contribution in [1.82, 2.24) is 25.3 Å². The van der Waals surface area contributed by atoms with Gasteiger partial charge in [-0.25, -0.2) is 0 Å². The van der Waals surface area contributed by atoms with Crippen molar-refractivity contribution < 1.29 is 4.74 Å². The van der Waals surface area contributed by atoms with Crippen LogP contribution in [0.3, 0.4) is 0 Å². The first-order chi connectivity index (χ1) is 14.4. The minimum absolute atomic E-state index is 0. The van der Waals surface area contributed by atoms with Gasteiger partial charge in [0.2, 0.25) is 0 Å². The SMILES string of the molecule is CN=C(NCC1(CN2CCOCC2)CCCCC1)NC(C)Cc1c(C)nn(C)c1C.I. The molecule has 1 saturated heterocycles. The predicted molar refractivity (Wildman–Crippen MR) is 139 cm³/mol. The summed E-state index contributed by atoms with van der Waals surface area (Å²) in [5, 5.41) is 11.8. The molecule has 31 heavy (non-hydrogen) atoms. The summed E-state index contributed by atoms with van der Waals surface area (Å²) in [5.74, 6) is 0.911. The third-order valence-electron chi connectivity index (χ3n) is 6.98. The van der Waals surface area contributed by atoms with Gasteiger partial charge in [0.15, 0.2) is 5.96 Å². The minimum Gasteiger partial charge on any atom is -0.379 e. The van der Waals surface area contributed by atoms with Crippen molar-refractivity contribution in [2.45, 2.75) is 65.3 Å². The van der Waals surface area contributed by atoms with Crippen molar-refractivity contribution in [3.05, 3.63) is 17.0 Å². The largest absolute Gasteiger partial charge is 0.379 e. The molecule has 1 aromatic heterocycles. The lowest BCUT2D eigenvalue weighted by Gasteiger charge is -2.42. The van der Waals surface area contributed by atoms with Crippen molar-refractivity contribution in [3.63, 3.8) is 0 Å². The lowest BCUT2D eigenvalue weighted by atomic mass is 9.73. The maximum absolute atomic E-state index is 5.56. The van der Waals surface area contributed by atoms with E-state index in [1.807, 2.05) is 18.8 Å². The Balaban J connectivity index is 0.00000341. The Hall–Kier alpha value is -0.870. The van der Waals surface area contributed by atoms with E-state index in [0.29, 0.717) is 11.5 Å². The van der Waals surface area contributed by atoms with Gasteiger partial charge in [0.25, 0.3) is 0 Å². The summed E-state index contributed by atoms with van der Waals surface area (Å²) in [7, 11) is 3.89. The van der Waals surface area contributed by atoms with E-state index in [0.717, 1.165) is 50.9 Å². The molecule has 178 valence electrons. The highest BCUT2D eigenvalue weighted by atomic mass is 127. The average molecular weight is 547 g/mol. The Kier molecular flexibility index (Phi) is 10.5. The Morgan fingerprint density at radius 3 is 2.45 bits per heavy atom. The lowest BCUT2D eigenvalue weighted by Crippen LogP contribution is -2.52. The van der Waals surface area contributed by atoms with Crippen molar-refractivity contribution in [1.29, 1.82) is 0 Å². The zero-order valence-electron chi connectivity index (χ0n) is 20.2. The van der Waals surface area contributed by atoms with Gasteiger partial charge in [-0.05, 0) is 45.6 Å². The monoisotopic (exact) mass is 546 g/mol. The van der Waals surface area contributed by atoms with E-state index in [1.165, 1.54) is 49.9 Å². The topological polar surface area (TPSA) is 66.7 Å². The maximum atomic E-state index is 5.56. The number of nitrogens with zero attached hydrogens (tertiary/aromatic N) is 4. The van der Waals surface area contributed by atoms with Crippen molar-refractivity contribution in [2.24, 2.45) is 17.5 Å². The van der Waals surface area contributed by atoms with Gasteiger partial charge < -0.3 is 15.4 Å². The summed E-state index contributed by atoms with van der Waals surface area (Å²) in [4.78, 5) is 7.12. The molecule has 1 aliphatic heterocycles. The van der Waals surface area contributed by atoms with Crippen LogP contribution in [0.2, 0.25) is 0 Å². The normalized spacial score (nSPS) is 20.7. The van der Waals surface area contributed by atoms with E-state index in [1.54, 1.807) is 0 Å². The second kappa shape index (κ2) is 12.4. The molecule has 1 atom stereocenters. The summed E-state index contributed by atoms with van der Waals surface area (Å²) >= 11 is 0. The molecule has 2 heterocycles. The number of ether oxygens (including phenoxy) is 1. The fourth-order valence-electron chi connectivity index (χ4n) is 5.10. The molecule has 2 aliphatic rings. The Morgan fingerprint density at radius 2 is 1.87 bits per heavy atom. The highest BCUT2D eigenvalue weighted by Gasteiger charge is 2.34. The summed E-state index contributed by atoms with van der Waals surface area (Å²) in [5.41, 5.74) is 4.05. The first kappa shape index (κ1) is 26.4. The highest BCUT2D eigenvalue weighted by molar-refractivity contribution is 14.0. The van der Waals surface area contributed by atoms with Gasteiger partial charge >= 0.3 is 0 Å². The molecule has 1 unspecified atom stereocenters. The number of nitrogens with one attached hydrogen (secondary N) is 2. The van der Waals surface area contributed by atoms with Crippen LogP contribution in [-0.4, -0.2) is 73.1 Å². The molecule has 0 aromatic carbocycles. The van der Waals surface area contributed by atoms with Crippen LogP contribution in [0.4, 0.5) is 0 Å². The van der Waals surface area contributed by atoms with E-state index in [2.05, 4.69) is 46.4 Å². The standard InChI is InChI=1S/C23H42N6O.HI/c1-18(15-21-19(2)27-28(5)20(21)3)26-22(24-4)25-16-23(9-7-6-8-10-23)17-29-11-13-30-14-12-29;/h18H,6-17H2,1-5H3,(H2,24,25,26);1H. The van der Waals surface area contributed by atoms with Gasteiger partial charge in [0.05, 0.1) is 18.9 Å². The number of rotatable bonds is 7. The molecule has 0 amide bonds.